The molecule has 2 aromatic rings. The molecular formula is C7H7N5OS. The normalized spacial score (nSPS) is 10.0. The molecule has 0 spiro atoms. The lowest BCUT2D eigenvalue weighted by molar-refractivity contribution is 0.0941. The van der Waals surface area contributed by atoms with Gasteiger partial charge in [-0.1, -0.05) is 0 Å². The van der Waals surface area contributed by atoms with Crippen LogP contribution >= 0.6 is 11.3 Å². The van der Waals surface area contributed by atoms with Crippen LogP contribution in [0.25, 0.3) is 0 Å². The molecule has 0 aliphatic carbocycles. The van der Waals surface area contributed by atoms with E-state index in [1.54, 1.807) is 6.20 Å². The first kappa shape index (κ1) is 8.82. The number of carbonyl (C=O) groups is 1. The van der Waals surface area contributed by atoms with E-state index in [2.05, 4.69) is 25.5 Å². The van der Waals surface area contributed by atoms with Crippen molar-refractivity contribution in [2.75, 3.05) is 0 Å². The summed E-state index contributed by atoms with van der Waals surface area (Å²) in [5.74, 6) is -0.0701. The van der Waals surface area contributed by atoms with Crippen molar-refractivity contribution in [3.63, 3.8) is 0 Å². The fourth-order valence-electron chi connectivity index (χ4n) is 0.895. The quantitative estimate of drug-likeness (QED) is 0.755. The molecule has 2 rings (SSSR count). The molecule has 2 aromatic heterocycles. The van der Waals surface area contributed by atoms with Crippen molar-refractivity contribution in [1.29, 1.82) is 0 Å². The summed E-state index contributed by atoms with van der Waals surface area (Å²) in [4.78, 5) is 19.1. The van der Waals surface area contributed by atoms with Crippen LogP contribution in [0.15, 0.2) is 17.9 Å². The van der Waals surface area contributed by atoms with E-state index in [-0.39, 0.29) is 11.7 Å². The fraction of sp³-hybridized carbons (Fsp3) is 0.143. The SMILES string of the molecule is O=C(NCc1nccs1)c1ncn[nH]1. The third kappa shape index (κ3) is 1.94. The molecule has 0 radical (unpaired) electrons. The zero-order valence-corrected chi connectivity index (χ0v) is 7.91. The Morgan fingerprint density at radius 1 is 1.57 bits per heavy atom. The molecule has 0 aliphatic heterocycles. The number of nitrogens with zero attached hydrogens (tertiary/aromatic N) is 3. The van der Waals surface area contributed by atoms with Crippen LogP contribution in [0.4, 0.5) is 0 Å². The van der Waals surface area contributed by atoms with Crippen LogP contribution in [0.2, 0.25) is 0 Å². The number of H-pyrrole nitrogens is 1. The van der Waals surface area contributed by atoms with Gasteiger partial charge in [-0.3, -0.25) is 9.89 Å². The van der Waals surface area contributed by atoms with Gasteiger partial charge in [0.1, 0.15) is 11.3 Å². The van der Waals surface area contributed by atoms with Crippen LogP contribution < -0.4 is 5.32 Å². The Kier molecular flexibility index (Phi) is 2.50. The molecule has 0 unspecified atom stereocenters. The van der Waals surface area contributed by atoms with Crippen LogP contribution in [-0.2, 0) is 6.54 Å². The van der Waals surface area contributed by atoms with Gasteiger partial charge in [0.2, 0.25) is 5.82 Å². The third-order valence-corrected chi connectivity index (χ3v) is 2.29. The number of nitrogens with one attached hydrogen (secondary N) is 2. The molecule has 0 fully saturated rings. The summed E-state index contributed by atoms with van der Waals surface area (Å²) in [7, 11) is 0. The van der Waals surface area contributed by atoms with Gasteiger partial charge in [0.05, 0.1) is 6.54 Å². The van der Waals surface area contributed by atoms with E-state index in [1.807, 2.05) is 5.38 Å². The van der Waals surface area contributed by atoms with Crippen LogP contribution in [0.3, 0.4) is 0 Å². The van der Waals surface area contributed by atoms with Crippen molar-refractivity contribution in [1.82, 2.24) is 25.5 Å². The van der Waals surface area contributed by atoms with Gasteiger partial charge in [0.15, 0.2) is 0 Å². The maximum Gasteiger partial charge on any atom is 0.288 e. The number of aromatic nitrogens is 4. The summed E-state index contributed by atoms with van der Waals surface area (Å²) >= 11 is 1.49. The maximum absolute atomic E-state index is 11.3. The van der Waals surface area contributed by atoms with Gasteiger partial charge in [-0.05, 0) is 0 Å². The van der Waals surface area contributed by atoms with Crippen molar-refractivity contribution < 1.29 is 4.79 Å². The van der Waals surface area contributed by atoms with Crippen LogP contribution in [0.1, 0.15) is 15.6 Å². The van der Waals surface area contributed by atoms with Gasteiger partial charge >= 0.3 is 0 Å². The average Bonchev–Trinajstić information content (AvgIpc) is 2.87. The molecule has 7 heteroatoms. The standard InChI is InChI=1S/C7H7N5OS/c13-7(6-10-4-11-12-6)9-3-5-8-1-2-14-5/h1-2,4H,3H2,(H,9,13)(H,10,11,12). The topological polar surface area (TPSA) is 83.6 Å². The zero-order valence-electron chi connectivity index (χ0n) is 7.10. The second kappa shape index (κ2) is 3.97. The number of aromatic amines is 1. The van der Waals surface area contributed by atoms with E-state index in [1.165, 1.54) is 17.7 Å². The number of hydrogen-bond donors (Lipinski definition) is 2. The number of carbonyl (C=O) groups excluding carboxylic acids is 1. The Morgan fingerprint density at radius 2 is 2.50 bits per heavy atom. The molecule has 0 bridgehead atoms. The third-order valence-electron chi connectivity index (χ3n) is 1.51. The first-order valence-corrected chi connectivity index (χ1v) is 4.76. The van der Waals surface area contributed by atoms with Crippen molar-refractivity contribution in [2.45, 2.75) is 6.54 Å². The molecule has 6 nitrogen and oxygen atoms in total. The molecule has 2 N–H and O–H groups in total. The van der Waals surface area contributed by atoms with Gasteiger partial charge < -0.3 is 5.32 Å². The van der Waals surface area contributed by atoms with E-state index in [0.29, 0.717) is 6.54 Å². The Morgan fingerprint density at radius 3 is 3.14 bits per heavy atom. The van der Waals surface area contributed by atoms with Crippen LogP contribution in [0, 0.1) is 0 Å². The number of amides is 1. The lowest BCUT2D eigenvalue weighted by Gasteiger charge is -1.98. The molecule has 14 heavy (non-hydrogen) atoms. The largest absolute Gasteiger partial charge is 0.343 e. The first-order chi connectivity index (χ1) is 6.86. The summed E-state index contributed by atoms with van der Waals surface area (Å²) in [6, 6.07) is 0. The highest BCUT2D eigenvalue weighted by Crippen LogP contribution is 2.02. The van der Waals surface area contributed by atoms with E-state index in [9.17, 15) is 4.79 Å². The van der Waals surface area contributed by atoms with Gasteiger partial charge in [0.25, 0.3) is 5.91 Å². The predicted octanol–water partition coefficient (Wildman–Crippen LogP) is 0.191. The summed E-state index contributed by atoms with van der Waals surface area (Å²) < 4.78 is 0. The van der Waals surface area contributed by atoms with Crippen LogP contribution in [0.5, 0.6) is 0 Å². The molecule has 0 saturated heterocycles. The summed E-state index contributed by atoms with van der Waals surface area (Å²) in [5.41, 5.74) is 0. The minimum absolute atomic E-state index is 0.210. The maximum atomic E-state index is 11.3. The fourth-order valence-corrected chi connectivity index (χ4v) is 1.45. The molecule has 0 aliphatic rings. The molecule has 0 atom stereocenters. The molecule has 2 heterocycles. The molecule has 72 valence electrons. The summed E-state index contributed by atoms with van der Waals surface area (Å²) in [6.07, 6.45) is 2.99. The minimum Gasteiger partial charge on any atom is -0.343 e. The van der Waals surface area contributed by atoms with Gasteiger partial charge in [-0.15, -0.1) is 11.3 Å². The second-order valence-electron chi connectivity index (χ2n) is 2.44. The Labute approximate surface area is 83.4 Å². The van der Waals surface area contributed by atoms with E-state index < -0.39 is 0 Å². The monoisotopic (exact) mass is 209 g/mol. The van der Waals surface area contributed by atoms with E-state index >= 15 is 0 Å². The number of rotatable bonds is 3. The molecular weight excluding hydrogens is 202 g/mol. The second-order valence-corrected chi connectivity index (χ2v) is 3.42. The Hall–Kier alpha value is -1.76. The lowest BCUT2D eigenvalue weighted by atomic mass is 10.5. The smallest absolute Gasteiger partial charge is 0.288 e. The van der Waals surface area contributed by atoms with Crippen molar-refractivity contribution in [3.05, 3.63) is 28.7 Å². The van der Waals surface area contributed by atoms with Crippen molar-refractivity contribution >= 4 is 17.2 Å². The Balaban J connectivity index is 1.90. The number of thiazole rings is 1. The Bertz CT molecular complexity index is 396. The van der Waals surface area contributed by atoms with E-state index in [4.69, 9.17) is 0 Å². The molecule has 0 aromatic carbocycles. The van der Waals surface area contributed by atoms with E-state index in [0.717, 1.165) is 5.01 Å². The van der Waals surface area contributed by atoms with Crippen molar-refractivity contribution in [3.8, 4) is 0 Å². The highest BCUT2D eigenvalue weighted by Gasteiger charge is 2.07. The van der Waals surface area contributed by atoms with Gasteiger partial charge in [-0.2, -0.15) is 5.10 Å². The molecule has 0 saturated carbocycles. The zero-order chi connectivity index (χ0) is 9.80. The van der Waals surface area contributed by atoms with Crippen LogP contribution in [-0.4, -0.2) is 26.1 Å². The van der Waals surface area contributed by atoms with Crippen molar-refractivity contribution in [2.24, 2.45) is 0 Å². The average molecular weight is 209 g/mol. The highest BCUT2D eigenvalue weighted by atomic mass is 32.1. The lowest BCUT2D eigenvalue weighted by Crippen LogP contribution is -2.23. The highest BCUT2D eigenvalue weighted by molar-refractivity contribution is 7.09. The summed E-state index contributed by atoms with van der Waals surface area (Å²) in [5, 5.41) is 11.4. The first-order valence-electron chi connectivity index (χ1n) is 3.88. The number of hydrogen-bond acceptors (Lipinski definition) is 5. The molecule has 1 amide bonds. The van der Waals surface area contributed by atoms with Gasteiger partial charge in [0, 0.05) is 11.6 Å². The predicted molar refractivity (Wildman–Crippen MR) is 49.7 cm³/mol. The summed E-state index contributed by atoms with van der Waals surface area (Å²) in [6.45, 7) is 0.414. The minimum atomic E-state index is -0.280. The van der Waals surface area contributed by atoms with Gasteiger partial charge in [-0.25, -0.2) is 9.97 Å².